The van der Waals surface area contributed by atoms with Gasteiger partial charge in [0.25, 0.3) is 5.91 Å². The maximum absolute atomic E-state index is 11.6. The Morgan fingerprint density at radius 2 is 2.00 bits per heavy atom. The van der Waals surface area contributed by atoms with Gasteiger partial charge in [-0.05, 0) is 12.8 Å². The van der Waals surface area contributed by atoms with Crippen LogP contribution in [0.25, 0.3) is 0 Å². The highest BCUT2D eigenvalue weighted by molar-refractivity contribution is 5.84. The second-order valence-electron chi connectivity index (χ2n) is 3.17. The first-order valence-electron chi connectivity index (χ1n) is 4.99. The molecule has 0 saturated heterocycles. The molecule has 0 atom stereocenters. The van der Waals surface area contributed by atoms with Crippen LogP contribution in [-0.2, 0) is 14.4 Å². The number of hydroxylamine groups is 1. The number of hydrogen-bond acceptors (Lipinski definition) is 4. The summed E-state index contributed by atoms with van der Waals surface area (Å²) in [7, 11) is 1.54. The van der Waals surface area contributed by atoms with Gasteiger partial charge in [0.15, 0.2) is 0 Å². The van der Waals surface area contributed by atoms with Crippen molar-refractivity contribution in [3.05, 3.63) is 0 Å². The molecule has 0 aliphatic carbocycles. The van der Waals surface area contributed by atoms with Gasteiger partial charge in [0.05, 0.1) is 19.3 Å². The fourth-order valence-corrected chi connectivity index (χ4v) is 1.12. The first kappa shape index (κ1) is 13.9. The minimum Gasteiger partial charge on any atom is -0.382 e. The van der Waals surface area contributed by atoms with E-state index in [-0.39, 0.29) is 12.5 Å². The molecule has 15 heavy (non-hydrogen) atoms. The zero-order chi connectivity index (χ0) is 11.7. The monoisotopic (exact) mass is 214 g/mol. The van der Waals surface area contributed by atoms with E-state index in [0.29, 0.717) is 19.4 Å². The van der Waals surface area contributed by atoms with Crippen molar-refractivity contribution in [2.24, 2.45) is 5.41 Å². The lowest BCUT2D eigenvalue weighted by Crippen LogP contribution is -2.39. The molecule has 0 aromatic rings. The van der Waals surface area contributed by atoms with Crippen molar-refractivity contribution >= 4 is 5.91 Å². The van der Waals surface area contributed by atoms with Crippen LogP contribution >= 0.6 is 0 Å². The Balaban J connectivity index is 4.11. The molecule has 5 nitrogen and oxygen atoms in total. The lowest BCUT2D eigenvalue weighted by molar-refractivity contribution is -0.142. The molecule has 0 heterocycles. The number of rotatable bonds is 7. The molecule has 0 aliphatic heterocycles. The van der Waals surface area contributed by atoms with E-state index in [1.807, 2.05) is 6.07 Å². The molecule has 0 saturated carbocycles. The van der Waals surface area contributed by atoms with Crippen LogP contribution < -0.4 is 5.48 Å². The molecule has 0 unspecified atom stereocenters. The number of methoxy groups -OCH3 is 1. The highest BCUT2D eigenvalue weighted by Gasteiger charge is 2.35. The van der Waals surface area contributed by atoms with Crippen LogP contribution in [0.1, 0.15) is 26.7 Å². The third-order valence-corrected chi connectivity index (χ3v) is 2.41. The molecule has 0 aromatic heterocycles. The number of hydrogen-bond donors (Lipinski definition) is 1. The summed E-state index contributed by atoms with van der Waals surface area (Å²) < 4.78 is 4.75. The molecular weight excluding hydrogens is 196 g/mol. The summed E-state index contributed by atoms with van der Waals surface area (Å²) >= 11 is 0. The lowest BCUT2D eigenvalue weighted by Gasteiger charge is -2.21. The van der Waals surface area contributed by atoms with Crippen molar-refractivity contribution in [2.75, 3.05) is 20.3 Å². The van der Waals surface area contributed by atoms with E-state index in [0.717, 1.165) is 0 Å². The fraction of sp³-hybridized carbons (Fsp3) is 0.800. The van der Waals surface area contributed by atoms with E-state index in [4.69, 9.17) is 14.8 Å². The summed E-state index contributed by atoms with van der Waals surface area (Å²) in [5.41, 5.74) is 1.29. The highest BCUT2D eigenvalue weighted by Crippen LogP contribution is 2.25. The number of nitrogens with zero attached hydrogens (tertiary/aromatic N) is 1. The number of carbonyl (C=O) groups is 1. The second-order valence-corrected chi connectivity index (χ2v) is 3.17. The molecule has 1 amide bonds. The van der Waals surface area contributed by atoms with E-state index >= 15 is 0 Å². The summed E-state index contributed by atoms with van der Waals surface area (Å²) in [6.45, 7) is 4.29. The molecule has 0 aliphatic rings. The first-order chi connectivity index (χ1) is 7.16. The number of amides is 1. The second kappa shape index (κ2) is 7.21. The third-order valence-electron chi connectivity index (χ3n) is 2.41. The Bertz CT molecular complexity index is 231. The van der Waals surface area contributed by atoms with Crippen molar-refractivity contribution < 1.29 is 14.4 Å². The largest absolute Gasteiger partial charge is 0.382 e. The summed E-state index contributed by atoms with van der Waals surface area (Å²) in [4.78, 5) is 16.5. The SMILES string of the molecule is CCC(C#N)(CC)C(=O)NOCCOC. The smallest absolute Gasteiger partial charge is 0.263 e. The van der Waals surface area contributed by atoms with E-state index < -0.39 is 5.41 Å². The zero-order valence-corrected chi connectivity index (χ0v) is 9.50. The summed E-state index contributed by atoms with van der Waals surface area (Å²) in [6, 6.07) is 2.03. The molecule has 0 bridgehead atoms. The van der Waals surface area contributed by atoms with Crippen LogP contribution in [0.5, 0.6) is 0 Å². The van der Waals surface area contributed by atoms with Crippen molar-refractivity contribution in [2.45, 2.75) is 26.7 Å². The molecule has 0 rings (SSSR count). The topological polar surface area (TPSA) is 71.4 Å². The van der Waals surface area contributed by atoms with Gasteiger partial charge in [0, 0.05) is 7.11 Å². The van der Waals surface area contributed by atoms with Gasteiger partial charge >= 0.3 is 0 Å². The minimum absolute atomic E-state index is 0.275. The zero-order valence-electron chi connectivity index (χ0n) is 9.50. The Kier molecular flexibility index (Phi) is 6.67. The number of nitriles is 1. The van der Waals surface area contributed by atoms with Crippen molar-refractivity contribution in [3.63, 3.8) is 0 Å². The van der Waals surface area contributed by atoms with Crippen LogP contribution in [0.3, 0.4) is 0 Å². The first-order valence-corrected chi connectivity index (χ1v) is 4.99. The molecule has 0 radical (unpaired) electrons. The van der Waals surface area contributed by atoms with E-state index in [2.05, 4.69) is 5.48 Å². The standard InChI is InChI=1S/C10H18N2O3/c1-4-10(5-2,8-11)9(13)12-15-7-6-14-3/h4-7H2,1-3H3,(H,12,13). The van der Waals surface area contributed by atoms with Crippen molar-refractivity contribution in [3.8, 4) is 6.07 Å². The van der Waals surface area contributed by atoms with Gasteiger partial charge in [-0.1, -0.05) is 13.8 Å². The van der Waals surface area contributed by atoms with Gasteiger partial charge in [-0.3, -0.25) is 9.63 Å². The highest BCUT2D eigenvalue weighted by atomic mass is 16.7. The van der Waals surface area contributed by atoms with Gasteiger partial charge in [-0.2, -0.15) is 5.26 Å². The van der Waals surface area contributed by atoms with Crippen LogP contribution in [0.2, 0.25) is 0 Å². The molecule has 0 fully saturated rings. The summed E-state index contributed by atoms with van der Waals surface area (Å²) in [5.74, 6) is -0.383. The quantitative estimate of drug-likeness (QED) is 0.507. The molecular formula is C10H18N2O3. The maximum atomic E-state index is 11.6. The van der Waals surface area contributed by atoms with Crippen LogP contribution in [-0.4, -0.2) is 26.2 Å². The molecule has 1 N–H and O–H groups in total. The molecule has 0 aromatic carbocycles. The van der Waals surface area contributed by atoms with Crippen LogP contribution in [0, 0.1) is 16.7 Å². The normalized spacial score (nSPS) is 10.8. The average molecular weight is 214 g/mol. The maximum Gasteiger partial charge on any atom is 0.263 e. The third kappa shape index (κ3) is 3.86. The van der Waals surface area contributed by atoms with Crippen LogP contribution in [0.4, 0.5) is 0 Å². The minimum atomic E-state index is -0.979. The number of nitrogens with one attached hydrogen (secondary N) is 1. The predicted molar refractivity (Wildman–Crippen MR) is 54.6 cm³/mol. The van der Waals surface area contributed by atoms with E-state index in [1.54, 1.807) is 21.0 Å². The summed E-state index contributed by atoms with van der Waals surface area (Å²) in [5, 5.41) is 8.96. The van der Waals surface area contributed by atoms with Gasteiger partial charge in [-0.25, -0.2) is 5.48 Å². The van der Waals surface area contributed by atoms with Gasteiger partial charge in [0.1, 0.15) is 5.41 Å². The Morgan fingerprint density at radius 3 is 2.40 bits per heavy atom. The molecule has 86 valence electrons. The van der Waals surface area contributed by atoms with Crippen molar-refractivity contribution in [1.82, 2.24) is 5.48 Å². The Hall–Kier alpha value is -1.12. The van der Waals surface area contributed by atoms with Gasteiger partial charge in [0.2, 0.25) is 0 Å². The average Bonchev–Trinajstić information content (AvgIpc) is 2.28. The predicted octanol–water partition coefficient (Wildman–Crippen LogP) is 1.01. The summed E-state index contributed by atoms with van der Waals surface area (Å²) in [6.07, 6.45) is 0.943. The Labute approximate surface area is 90.3 Å². The van der Waals surface area contributed by atoms with Crippen LogP contribution in [0.15, 0.2) is 0 Å². The molecule has 5 heteroatoms. The van der Waals surface area contributed by atoms with Crippen molar-refractivity contribution in [1.29, 1.82) is 5.26 Å². The fourth-order valence-electron chi connectivity index (χ4n) is 1.12. The van der Waals surface area contributed by atoms with Gasteiger partial charge < -0.3 is 4.74 Å². The van der Waals surface area contributed by atoms with E-state index in [9.17, 15) is 4.79 Å². The molecule has 0 spiro atoms. The van der Waals surface area contributed by atoms with Gasteiger partial charge in [-0.15, -0.1) is 0 Å². The lowest BCUT2D eigenvalue weighted by atomic mass is 9.83. The number of ether oxygens (including phenoxy) is 1. The number of carbonyl (C=O) groups excluding carboxylic acids is 1. The Morgan fingerprint density at radius 1 is 1.40 bits per heavy atom. The van der Waals surface area contributed by atoms with E-state index in [1.165, 1.54) is 0 Å².